The van der Waals surface area contributed by atoms with Crippen molar-refractivity contribution in [2.24, 2.45) is 0 Å². The maximum absolute atomic E-state index is 12.2. The van der Waals surface area contributed by atoms with Gasteiger partial charge in [0.25, 0.3) is 5.91 Å². The molecule has 0 aliphatic rings. The lowest BCUT2D eigenvalue weighted by Gasteiger charge is -2.10. The Morgan fingerprint density at radius 2 is 1.45 bits per heavy atom. The number of hydrogen-bond acceptors (Lipinski definition) is 3. The zero-order valence-corrected chi connectivity index (χ0v) is 16.6. The first kappa shape index (κ1) is 20.4. The van der Waals surface area contributed by atoms with Gasteiger partial charge in [0.2, 0.25) is 5.91 Å². The van der Waals surface area contributed by atoms with E-state index in [-0.39, 0.29) is 18.4 Å². The Morgan fingerprint density at radius 3 is 2.17 bits per heavy atom. The second kappa shape index (κ2) is 10.3. The topological polar surface area (TPSA) is 70.2 Å². The normalized spacial score (nSPS) is 10.2. The first-order valence-electron chi connectivity index (χ1n) is 9.28. The van der Waals surface area contributed by atoms with E-state index in [1.165, 1.54) is 0 Å². The van der Waals surface area contributed by atoms with Crippen LogP contribution >= 0.6 is 11.6 Å². The molecule has 6 heteroatoms. The Kier molecular flexibility index (Phi) is 7.25. The van der Waals surface area contributed by atoms with E-state index < -0.39 is 0 Å². The van der Waals surface area contributed by atoms with Crippen LogP contribution in [0.3, 0.4) is 0 Å². The van der Waals surface area contributed by atoms with E-state index in [1.54, 1.807) is 30.3 Å². The van der Waals surface area contributed by atoms with Gasteiger partial charge in [0.1, 0.15) is 0 Å². The summed E-state index contributed by atoms with van der Waals surface area (Å²) in [5.74, 6) is -0.285. The maximum Gasteiger partial charge on any atom is 0.251 e. The molecule has 29 heavy (non-hydrogen) atoms. The van der Waals surface area contributed by atoms with Crippen LogP contribution in [0.2, 0.25) is 5.02 Å². The standard InChI is InChI=1S/C23H22ClN3O2/c24-21-9-5-4-8-19(21)15-26-22(28)16-25-20-12-10-18(11-13-20)23(29)27-14-17-6-2-1-3-7-17/h1-13,25H,14-16H2,(H,26,28)(H,27,29). The average molecular weight is 408 g/mol. The van der Waals surface area contributed by atoms with Gasteiger partial charge in [0.15, 0.2) is 0 Å². The summed E-state index contributed by atoms with van der Waals surface area (Å²) in [6, 6.07) is 24.1. The summed E-state index contributed by atoms with van der Waals surface area (Å²) in [6.07, 6.45) is 0. The summed E-state index contributed by atoms with van der Waals surface area (Å²) in [6.45, 7) is 0.982. The Morgan fingerprint density at radius 1 is 0.759 bits per heavy atom. The number of carbonyl (C=O) groups is 2. The second-order valence-corrected chi connectivity index (χ2v) is 6.87. The van der Waals surface area contributed by atoms with E-state index in [1.807, 2.05) is 48.5 Å². The van der Waals surface area contributed by atoms with E-state index in [0.29, 0.717) is 23.7 Å². The van der Waals surface area contributed by atoms with Gasteiger partial charge in [-0.25, -0.2) is 0 Å². The Bertz CT molecular complexity index is 959. The third-order valence-corrected chi connectivity index (χ3v) is 4.70. The van der Waals surface area contributed by atoms with Crippen molar-refractivity contribution in [2.75, 3.05) is 11.9 Å². The molecule has 0 atom stereocenters. The Labute approximate surface area is 175 Å². The predicted molar refractivity (Wildman–Crippen MR) is 116 cm³/mol. The molecular formula is C23H22ClN3O2. The maximum atomic E-state index is 12.2. The molecule has 0 saturated heterocycles. The summed E-state index contributed by atoms with van der Waals surface area (Å²) in [5.41, 5.74) is 3.24. The van der Waals surface area contributed by atoms with Gasteiger partial charge in [0, 0.05) is 29.4 Å². The van der Waals surface area contributed by atoms with Crippen LogP contribution in [0.15, 0.2) is 78.9 Å². The highest BCUT2D eigenvalue weighted by atomic mass is 35.5. The summed E-state index contributed by atoms with van der Waals surface area (Å²) < 4.78 is 0. The summed E-state index contributed by atoms with van der Waals surface area (Å²) in [7, 11) is 0. The number of halogens is 1. The van der Waals surface area contributed by atoms with Gasteiger partial charge >= 0.3 is 0 Å². The van der Waals surface area contributed by atoms with Gasteiger partial charge in [-0.15, -0.1) is 0 Å². The summed E-state index contributed by atoms with van der Waals surface area (Å²) in [5, 5.41) is 9.38. The predicted octanol–water partition coefficient (Wildman–Crippen LogP) is 4.00. The summed E-state index contributed by atoms with van der Waals surface area (Å²) in [4.78, 5) is 24.3. The smallest absolute Gasteiger partial charge is 0.251 e. The quantitative estimate of drug-likeness (QED) is 0.528. The number of nitrogens with one attached hydrogen (secondary N) is 3. The van der Waals surface area contributed by atoms with Crippen LogP contribution in [0.25, 0.3) is 0 Å². The average Bonchev–Trinajstić information content (AvgIpc) is 2.76. The van der Waals surface area contributed by atoms with Crippen LogP contribution < -0.4 is 16.0 Å². The minimum atomic E-state index is -0.144. The molecule has 3 aromatic carbocycles. The number of hydrogen-bond donors (Lipinski definition) is 3. The first-order chi connectivity index (χ1) is 14.1. The van der Waals surface area contributed by atoms with Gasteiger partial charge in [0.05, 0.1) is 6.54 Å². The molecule has 0 saturated carbocycles. The molecule has 0 spiro atoms. The third-order valence-electron chi connectivity index (χ3n) is 4.33. The van der Waals surface area contributed by atoms with Crippen molar-refractivity contribution in [3.63, 3.8) is 0 Å². The SMILES string of the molecule is O=C(CNc1ccc(C(=O)NCc2ccccc2)cc1)NCc1ccccc1Cl. The fraction of sp³-hybridized carbons (Fsp3) is 0.130. The van der Waals surface area contributed by atoms with Crippen LogP contribution in [0.1, 0.15) is 21.5 Å². The Balaban J connectivity index is 1.43. The molecule has 5 nitrogen and oxygen atoms in total. The molecule has 3 rings (SSSR count). The van der Waals surface area contributed by atoms with Gasteiger partial charge in [-0.2, -0.15) is 0 Å². The van der Waals surface area contributed by atoms with Crippen LogP contribution in [0.5, 0.6) is 0 Å². The number of benzene rings is 3. The van der Waals surface area contributed by atoms with Gasteiger partial charge in [-0.1, -0.05) is 60.1 Å². The molecule has 0 aliphatic heterocycles. The zero-order valence-electron chi connectivity index (χ0n) is 15.8. The molecule has 3 N–H and O–H groups in total. The lowest BCUT2D eigenvalue weighted by Crippen LogP contribution is -2.29. The van der Waals surface area contributed by atoms with Crippen molar-refractivity contribution in [1.82, 2.24) is 10.6 Å². The van der Waals surface area contributed by atoms with Crippen molar-refractivity contribution < 1.29 is 9.59 Å². The molecule has 0 radical (unpaired) electrons. The molecule has 0 heterocycles. The third kappa shape index (κ3) is 6.36. The molecule has 0 fully saturated rings. The second-order valence-electron chi connectivity index (χ2n) is 6.47. The van der Waals surface area contributed by atoms with Crippen molar-refractivity contribution >= 4 is 29.1 Å². The number of anilines is 1. The fourth-order valence-corrected chi connectivity index (χ4v) is 2.90. The number of carbonyl (C=O) groups excluding carboxylic acids is 2. The molecule has 0 bridgehead atoms. The monoisotopic (exact) mass is 407 g/mol. The number of amides is 2. The first-order valence-corrected chi connectivity index (χ1v) is 9.66. The fourth-order valence-electron chi connectivity index (χ4n) is 2.70. The minimum absolute atomic E-state index is 0.129. The largest absolute Gasteiger partial charge is 0.376 e. The van der Waals surface area contributed by atoms with E-state index in [9.17, 15) is 9.59 Å². The Hall–Kier alpha value is -3.31. The highest BCUT2D eigenvalue weighted by molar-refractivity contribution is 6.31. The van der Waals surface area contributed by atoms with Crippen molar-refractivity contribution in [2.45, 2.75) is 13.1 Å². The molecule has 0 aliphatic carbocycles. The van der Waals surface area contributed by atoms with E-state index in [0.717, 1.165) is 16.8 Å². The van der Waals surface area contributed by atoms with Crippen LogP contribution in [0.4, 0.5) is 5.69 Å². The van der Waals surface area contributed by atoms with E-state index in [2.05, 4.69) is 16.0 Å². The van der Waals surface area contributed by atoms with E-state index in [4.69, 9.17) is 11.6 Å². The molecule has 2 amide bonds. The zero-order chi connectivity index (χ0) is 20.5. The summed E-state index contributed by atoms with van der Waals surface area (Å²) >= 11 is 6.08. The molecule has 3 aromatic rings. The van der Waals surface area contributed by atoms with Gasteiger partial charge in [-0.05, 0) is 41.5 Å². The van der Waals surface area contributed by atoms with E-state index >= 15 is 0 Å². The highest BCUT2D eigenvalue weighted by Crippen LogP contribution is 2.14. The van der Waals surface area contributed by atoms with Crippen molar-refractivity contribution in [3.05, 3.63) is 101 Å². The van der Waals surface area contributed by atoms with Crippen LogP contribution in [0, 0.1) is 0 Å². The van der Waals surface area contributed by atoms with Crippen LogP contribution in [-0.4, -0.2) is 18.4 Å². The lowest BCUT2D eigenvalue weighted by atomic mass is 10.1. The lowest BCUT2D eigenvalue weighted by molar-refractivity contribution is -0.119. The van der Waals surface area contributed by atoms with Crippen molar-refractivity contribution in [3.8, 4) is 0 Å². The van der Waals surface area contributed by atoms with Gasteiger partial charge < -0.3 is 16.0 Å². The highest BCUT2D eigenvalue weighted by Gasteiger charge is 2.07. The van der Waals surface area contributed by atoms with Crippen LogP contribution in [-0.2, 0) is 17.9 Å². The molecule has 148 valence electrons. The molecule has 0 unspecified atom stereocenters. The number of rotatable bonds is 8. The molecular weight excluding hydrogens is 386 g/mol. The molecule has 0 aromatic heterocycles. The van der Waals surface area contributed by atoms with Gasteiger partial charge in [-0.3, -0.25) is 9.59 Å². The van der Waals surface area contributed by atoms with Crippen molar-refractivity contribution in [1.29, 1.82) is 0 Å². The minimum Gasteiger partial charge on any atom is -0.376 e.